The number of anilines is 1. The first kappa shape index (κ1) is 21.0. The first-order valence-electron chi connectivity index (χ1n) is 10.2. The van der Waals surface area contributed by atoms with E-state index in [4.69, 9.17) is 16.0 Å². The molecule has 6 nitrogen and oxygen atoms in total. The third-order valence-electron chi connectivity index (χ3n) is 5.50. The van der Waals surface area contributed by atoms with Crippen LogP contribution in [0.3, 0.4) is 0 Å². The van der Waals surface area contributed by atoms with Crippen molar-refractivity contribution < 1.29 is 9.21 Å². The Morgan fingerprint density at radius 1 is 1.10 bits per heavy atom. The fourth-order valence-electron chi connectivity index (χ4n) is 3.56. The smallest absolute Gasteiger partial charge is 0.291 e. The maximum Gasteiger partial charge on any atom is 0.291 e. The average molecular weight is 437 g/mol. The number of guanidine groups is 1. The minimum Gasteiger partial charge on any atom is -0.459 e. The normalized spacial score (nSPS) is 14.7. The number of aliphatic imine (C=N–C) groups is 1. The van der Waals surface area contributed by atoms with Crippen molar-refractivity contribution in [3.05, 3.63) is 88.8 Å². The van der Waals surface area contributed by atoms with E-state index < -0.39 is 0 Å². The lowest BCUT2D eigenvalue weighted by Crippen LogP contribution is -2.40. The molecule has 1 heterocycles. The zero-order valence-corrected chi connectivity index (χ0v) is 18.1. The van der Waals surface area contributed by atoms with Gasteiger partial charge in [-0.3, -0.25) is 9.79 Å². The topological polar surface area (TPSA) is 78.7 Å². The zero-order valence-electron chi connectivity index (χ0n) is 17.3. The molecular weight excluding hydrogens is 412 g/mol. The molecule has 1 aliphatic rings. The van der Waals surface area contributed by atoms with Crippen LogP contribution in [0, 0.1) is 0 Å². The Balaban J connectivity index is 1.31. The van der Waals surface area contributed by atoms with Gasteiger partial charge >= 0.3 is 0 Å². The van der Waals surface area contributed by atoms with Gasteiger partial charge in [0.2, 0.25) is 0 Å². The van der Waals surface area contributed by atoms with Gasteiger partial charge in [0, 0.05) is 36.3 Å². The minimum atomic E-state index is -0.275. The van der Waals surface area contributed by atoms with Crippen molar-refractivity contribution in [2.24, 2.45) is 4.99 Å². The predicted octanol–water partition coefficient (Wildman–Crippen LogP) is 4.58. The third-order valence-corrected chi connectivity index (χ3v) is 5.73. The highest BCUT2D eigenvalue weighted by molar-refractivity contribution is 6.30. The van der Waals surface area contributed by atoms with Gasteiger partial charge in [0.05, 0.1) is 6.26 Å². The Hall–Kier alpha value is -3.25. The maximum atomic E-state index is 12.2. The van der Waals surface area contributed by atoms with Crippen LogP contribution in [0.4, 0.5) is 5.69 Å². The van der Waals surface area contributed by atoms with Gasteiger partial charge in [-0.15, -0.1) is 0 Å². The van der Waals surface area contributed by atoms with Gasteiger partial charge in [0.25, 0.3) is 5.91 Å². The van der Waals surface area contributed by atoms with E-state index in [0.717, 1.165) is 35.9 Å². The van der Waals surface area contributed by atoms with E-state index in [1.807, 2.05) is 36.4 Å². The van der Waals surface area contributed by atoms with Crippen molar-refractivity contribution in [3.63, 3.8) is 0 Å². The fourth-order valence-corrected chi connectivity index (χ4v) is 3.75. The van der Waals surface area contributed by atoms with Crippen molar-refractivity contribution in [2.45, 2.75) is 24.8 Å². The Morgan fingerprint density at radius 3 is 2.65 bits per heavy atom. The van der Waals surface area contributed by atoms with Gasteiger partial charge in [0.1, 0.15) is 0 Å². The second-order valence-corrected chi connectivity index (χ2v) is 8.14. The van der Waals surface area contributed by atoms with Crippen LogP contribution in [0.1, 0.15) is 34.5 Å². The Morgan fingerprint density at radius 2 is 1.94 bits per heavy atom. The lowest BCUT2D eigenvalue weighted by molar-refractivity contribution is 0.0996. The van der Waals surface area contributed by atoms with Gasteiger partial charge in [-0.05, 0) is 60.4 Å². The van der Waals surface area contributed by atoms with E-state index in [1.54, 1.807) is 19.2 Å². The maximum absolute atomic E-state index is 12.2. The number of hydrogen-bond acceptors (Lipinski definition) is 3. The summed E-state index contributed by atoms with van der Waals surface area (Å²) >= 11 is 6.17. The fraction of sp³-hybridized carbons (Fsp3) is 0.250. The van der Waals surface area contributed by atoms with Crippen molar-refractivity contribution >= 4 is 29.2 Å². The first-order valence-corrected chi connectivity index (χ1v) is 10.6. The summed E-state index contributed by atoms with van der Waals surface area (Å²) in [4.78, 5) is 16.5. The number of halogens is 1. The molecule has 1 amide bonds. The SMILES string of the molecule is CN=C(NCc1cccc(NC(=O)c2ccco2)c1)NCC1(c2cccc(Cl)c2)CC1. The van der Waals surface area contributed by atoms with Crippen LogP contribution in [0.15, 0.2) is 76.3 Å². The van der Waals surface area contributed by atoms with Gasteiger partial charge in [0.15, 0.2) is 11.7 Å². The molecule has 0 atom stereocenters. The van der Waals surface area contributed by atoms with E-state index in [0.29, 0.717) is 12.2 Å². The molecule has 0 saturated heterocycles. The van der Waals surface area contributed by atoms with Crippen molar-refractivity contribution in [1.29, 1.82) is 0 Å². The molecule has 4 rings (SSSR count). The number of carbonyl (C=O) groups is 1. The molecule has 1 aliphatic carbocycles. The van der Waals surface area contributed by atoms with E-state index in [-0.39, 0.29) is 17.1 Å². The number of hydrogen-bond donors (Lipinski definition) is 3. The second-order valence-electron chi connectivity index (χ2n) is 7.70. The highest BCUT2D eigenvalue weighted by Crippen LogP contribution is 2.48. The van der Waals surface area contributed by atoms with Crippen LogP contribution in [-0.2, 0) is 12.0 Å². The highest BCUT2D eigenvalue weighted by Gasteiger charge is 2.44. The van der Waals surface area contributed by atoms with Gasteiger partial charge in [-0.2, -0.15) is 0 Å². The van der Waals surface area contributed by atoms with Crippen LogP contribution >= 0.6 is 11.6 Å². The molecule has 1 aromatic heterocycles. The Kier molecular flexibility index (Phi) is 6.28. The number of nitrogens with one attached hydrogen (secondary N) is 3. The molecule has 1 saturated carbocycles. The number of furan rings is 1. The summed E-state index contributed by atoms with van der Waals surface area (Å²) in [6.45, 7) is 1.38. The first-order chi connectivity index (χ1) is 15.1. The molecule has 160 valence electrons. The number of nitrogens with zero attached hydrogens (tertiary/aromatic N) is 1. The van der Waals surface area contributed by atoms with Gasteiger partial charge in [-0.1, -0.05) is 35.9 Å². The van der Waals surface area contributed by atoms with E-state index in [1.165, 1.54) is 11.8 Å². The van der Waals surface area contributed by atoms with E-state index in [2.05, 4.69) is 33.1 Å². The van der Waals surface area contributed by atoms with Crippen molar-refractivity contribution in [2.75, 3.05) is 18.9 Å². The molecule has 1 fully saturated rings. The molecule has 3 N–H and O–H groups in total. The number of rotatable bonds is 7. The number of benzene rings is 2. The number of amides is 1. The van der Waals surface area contributed by atoms with Crippen LogP contribution in [0.25, 0.3) is 0 Å². The zero-order chi connectivity index (χ0) is 21.7. The van der Waals surface area contributed by atoms with Crippen LogP contribution in [0.5, 0.6) is 0 Å². The molecule has 0 bridgehead atoms. The number of carbonyl (C=O) groups excluding carboxylic acids is 1. The standard InChI is InChI=1S/C24H25ClN4O2/c1-26-23(28-16-24(10-11-24)18-6-3-7-19(25)14-18)27-15-17-5-2-8-20(13-17)29-22(30)21-9-4-12-31-21/h2-9,12-14H,10-11,15-16H2,1H3,(H,29,30)(H2,26,27,28). The van der Waals surface area contributed by atoms with Crippen molar-refractivity contribution in [3.8, 4) is 0 Å². The summed E-state index contributed by atoms with van der Waals surface area (Å²) in [6, 6.07) is 19.1. The van der Waals surface area contributed by atoms with E-state index >= 15 is 0 Å². The van der Waals surface area contributed by atoms with Crippen LogP contribution in [-0.4, -0.2) is 25.5 Å². The predicted molar refractivity (Wildman–Crippen MR) is 124 cm³/mol. The second kappa shape index (κ2) is 9.27. The van der Waals surface area contributed by atoms with Crippen LogP contribution < -0.4 is 16.0 Å². The van der Waals surface area contributed by atoms with Crippen molar-refractivity contribution in [1.82, 2.24) is 10.6 Å². The monoisotopic (exact) mass is 436 g/mol. The summed E-state index contributed by atoms with van der Waals surface area (Å²) < 4.78 is 5.13. The average Bonchev–Trinajstić information content (AvgIpc) is 3.36. The lowest BCUT2D eigenvalue weighted by atomic mass is 9.96. The van der Waals surface area contributed by atoms with Crippen LogP contribution in [0.2, 0.25) is 5.02 Å². The molecule has 0 unspecified atom stereocenters. The molecule has 2 aromatic carbocycles. The summed E-state index contributed by atoms with van der Waals surface area (Å²) in [5.74, 6) is 0.739. The Bertz CT molecular complexity index is 1070. The van der Waals surface area contributed by atoms with E-state index in [9.17, 15) is 4.79 Å². The molecule has 3 aromatic rings. The Labute approximate surface area is 186 Å². The summed E-state index contributed by atoms with van der Waals surface area (Å²) in [5.41, 5.74) is 3.12. The third kappa shape index (κ3) is 5.27. The highest BCUT2D eigenvalue weighted by atomic mass is 35.5. The minimum absolute atomic E-state index is 0.124. The summed E-state index contributed by atoms with van der Waals surface area (Å²) in [7, 11) is 1.76. The molecule has 0 radical (unpaired) electrons. The molecular formula is C24H25ClN4O2. The lowest BCUT2D eigenvalue weighted by Gasteiger charge is -2.19. The molecule has 0 spiro atoms. The molecule has 0 aliphatic heterocycles. The largest absolute Gasteiger partial charge is 0.459 e. The summed E-state index contributed by atoms with van der Waals surface area (Å²) in [6.07, 6.45) is 3.75. The van der Waals surface area contributed by atoms with Gasteiger partial charge < -0.3 is 20.4 Å². The quantitative estimate of drug-likeness (QED) is 0.374. The molecule has 7 heteroatoms. The van der Waals surface area contributed by atoms with Gasteiger partial charge in [-0.25, -0.2) is 0 Å². The summed E-state index contributed by atoms with van der Waals surface area (Å²) in [5, 5.41) is 10.4. The molecule has 31 heavy (non-hydrogen) atoms.